The predicted octanol–water partition coefficient (Wildman–Crippen LogP) is 0.224. The fraction of sp³-hybridized carbons (Fsp3) is 0.483. The lowest BCUT2D eigenvalue weighted by molar-refractivity contribution is -0.143. The third-order valence-corrected chi connectivity index (χ3v) is 7.45. The van der Waals surface area contributed by atoms with Gasteiger partial charge in [-0.25, -0.2) is 9.78 Å². The molecule has 2 saturated heterocycles. The minimum Gasteiger partial charge on any atom is -0.483 e. The molecule has 0 radical (unpaired) electrons. The van der Waals surface area contributed by atoms with Crippen molar-refractivity contribution in [3.05, 3.63) is 36.0 Å². The Bertz CT molecular complexity index is 1430. The second kappa shape index (κ2) is 14.5. The van der Waals surface area contributed by atoms with Crippen molar-refractivity contribution in [1.29, 1.82) is 0 Å². The third-order valence-electron chi connectivity index (χ3n) is 7.45. The van der Waals surface area contributed by atoms with E-state index in [1.54, 1.807) is 38.1 Å². The molecule has 0 bridgehead atoms. The maximum atomic E-state index is 13.4. The predicted molar refractivity (Wildman–Crippen MR) is 155 cm³/mol. The Morgan fingerprint density at radius 1 is 1.09 bits per heavy atom. The Kier molecular flexibility index (Phi) is 10.5. The van der Waals surface area contributed by atoms with E-state index in [-0.39, 0.29) is 69.6 Å². The molecule has 2 fully saturated rings. The van der Waals surface area contributed by atoms with Crippen LogP contribution in [0.2, 0.25) is 0 Å². The smallest absolute Gasteiger partial charge is 0.409 e. The van der Waals surface area contributed by atoms with Gasteiger partial charge in [-0.2, -0.15) is 0 Å². The van der Waals surface area contributed by atoms with Crippen LogP contribution in [0.5, 0.6) is 5.75 Å². The van der Waals surface area contributed by atoms with E-state index in [0.29, 0.717) is 24.0 Å². The number of ether oxygens (including phenoxy) is 2. The molecular weight excluding hydrogens is 576 g/mol. The molecule has 3 N–H and O–H groups in total. The van der Waals surface area contributed by atoms with Crippen molar-refractivity contribution in [2.45, 2.75) is 38.8 Å². The molecule has 1 unspecified atom stereocenters. The summed E-state index contributed by atoms with van der Waals surface area (Å²) < 4.78 is 10.9. The number of rotatable bonds is 10. The van der Waals surface area contributed by atoms with Crippen molar-refractivity contribution in [3.8, 4) is 5.75 Å². The lowest BCUT2D eigenvalue weighted by Gasteiger charge is -2.35. The molecule has 44 heavy (non-hydrogen) atoms. The Hall–Kier alpha value is -4.95. The number of para-hydroxylation sites is 1. The number of carbonyl (C=O) groups is 6. The molecule has 0 aliphatic carbocycles. The number of piperazine rings is 2. The van der Waals surface area contributed by atoms with E-state index in [1.165, 1.54) is 20.8 Å². The quantitative estimate of drug-likeness (QED) is 0.335. The molecule has 3 heterocycles. The highest BCUT2D eigenvalue weighted by Gasteiger charge is 2.32. The lowest BCUT2D eigenvalue weighted by Crippen LogP contribution is -2.56. The van der Waals surface area contributed by atoms with Crippen LogP contribution in [0.4, 0.5) is 4.79 Å². The Labute approximate surface area is 253 Å². The van der Waals surface area contributed by atoms with E-state index in [4.69, 9.17) is 9.47 Å². The first-order chi connectivity index (χ1) is 21.1. The summed E-state index contributed by atoms with van der Waals surface area (Å²) in [5, 5.41) is 15.1. The highest BCUT2D eigenvalue weighted by atomic mass is 16.6. The second-order valence-corrected chi connectivity index (χ2v) is 10.3. The molecule has 15 nitrogen and oxygen atoms in total. The van der Waals surface area contributed by atoms with Gasteiger partial charge in [0.25, 0.3) is 11.8 Å². The molecule has 4 rings (SSSR count). The first-order valence-electron chi connectivity index (χ1n) is 14.4. The molecule has 1 aromatic heterocycles. The number of fused-ring (bicyclic) bond motifs is 1. The van der Waals surface area contributed by atoms with Crippen LogP contribution in [0.15, 0.2) is 30.3 Å². The van der Waals surface area contributed by atoms with Crippen LogP contribution in [0.1, 0.15) is 37.2 Å². The molecule has 5 amide bonds. The average molecular weight is 613 g/mol. The van der Waals surface area contributed by atoms with Gasteiger partial charge in [-0.15, -0.1) is 0 Å². The van der Waals surface area contributed by atoms with Gasteiger partial charge in [0.1, 0.15) is 23.5 Å². The van der Waals surface area contributed by atoms with E-state index in [1.807, 2.05) is 0 Å². The van der Waals surface area contributed by atoms with E-state index >= 15 is 0 Å². The zero-order chi connectivity index (χ0) is 31.8. The van der Waals surface area contributed by atoms with Gasteiger partial charge in [0.15, 0.2) is 6.61 Å². The van der Waals surface area contributed by atoms with E-state index in [9.17, 15) is 33.9 Å². The summed E-state index contributed by atoms with van der Waals surface area (Å²) in [6.07, 6.45) is -1.01. The summed E-state index contributed by atoms with van der Waals surface area (Å²) in [5.41, 5.74) is 0.300. The first kappa shape index (κ1) is 32.0. The molecule has 0 spiro atoms. The summed E-state index contributed by atoms with van der Waals surface area (Å²) in [5.74, 6) is -2.80. The summed E-state index contributed by atoms with van der Waals surface area (Å²) in [6.45, 7) is 4.68. The minimum atomic E-state index is -1.17. The van der Waals surface area contributed by atoms with Crippen LogP contribution < -0.4 is 15.4 Å². The molecule has 2 atom stereocenters. The SMILES string of the molecule is CCOC(=O)N1CCN(C(=O)[C@H](CCC(=O)O)NC(=O)c2cc(OCC(=O)N3CCNC(=O)C3C)c3ccccc3n2)CC1. The highest BCUT2D eigenvalue weighted by Crippen LogP contribution is 2.26. The number of hydrogen-bond donors (Lipinski definition) is 3. The van der Waals surface area contributed by atoms with Gasteiger partial charge in [0.2, 0.25) is 11.8 Å². The number of carboxylic acid groups (broad SMARTS) is 1. The molecular formula is C29H36N6O9. The standard InChI is InChI=1S/C29H36N6O9/c1-3-43-29(42)34-14-12-33(13-15-34)28(41)21(8-9-25(37)38)32-27(40)22-16-23(19-6-4-5-7-20(19)31-22)44-17-24(36)35-11-10-30-26(39)18(35)2/h4-7,16,18,21H,3,8-15,17H2,1-2H3,(H,30,39)(H,32,40)(H,37,38)/t18?,21-/m0/s1. The van der Waals surface area contributed by atoms with Gasteiger partial charge in [-0.1, -0.05) is 12.1 Å². The van der Waals surface area contributed by atoms with E-state index < -0.39 is 41.9 Å². The first-order valence-corrected chi connectivity index (χ1v) is 14.4. The highest BCUT2D eigenvalue weighted by molar-refractivity contribution is 5.99. The van der Waals surface area contributed by atoms with Crippen LogP contribution in [0.3, 0.4) is 0 Å². The Balaban J connectivity index is 1.49. The summed E-state index contributed by atoms with van der Waals surface area (Å²) >= 11 is 0. The molecule has 2 aliphatic rings. The molecule has 2 aromatic rings. The van der Waals surface area contributed by atoms with Gasteiger partial charge >= 0.3 is 12.1 Å². The largest absolute Gasteiger partial charge is 0.483 e. The number of nitrogens with zero attached hydrogens (tertiary/aromatic N) is 4. The summed E-state index contributed by atoms with van der Waals surface area (Å²) in [6, 6.07) is 6.38. The molecule has 2 aliphatic heterocycles. The monoisotopic (exact) mass is 612 g/mol. The topological polar surface area (TPSA) is 188 Å². The number of pyridine rings is 1. The average Bonchev–Trinajstić information content (AvgIpc) is 3.02. The summed E-state index contributed by atoms with van der Waals surface area (Å²) in [4.78, 5) is 83.8. The van der Waals surface area contributed by atoms with Crippen LogP contribution in [-0.2, 0) is 23.9 Å². The van der Waals surface area contributed by atoms with Gasteiger partial charge in [-0.05, 0) is 32.4 Å². The van der Waals surface area contributed by atoms with Crippen LogP contribution in [0.25, 0.3) is 10.9 Å². The van der Waals surface area contributed by atoms with Crippen molar-refractivity contribution in [3.63, 3.8) is 0 Å². The van der Waals surface area contributed by atoms with E-state index in [2.05, 4.69) is 15.6 Å². The normalized spacial score (nSPS) is 17.5. The Morgan fingerprint density at radius 2 is 1.80 bits per heavy atom. The lowest BCUT2D eigenvalue weighted by atomic mass is 10.1. The van der Waals surface area contributed by atoms with Crippen LogP contribution in [0, 0.1) is 0 Å². The van der Waals surface area contributed by atoms with Crippen LogP contribution in [-0.4, -0.2) is 125 Å². The zero-order valence-electron chi connectivity index (χ0n) is 24.6. The second-order valence-electron chi connectivity index (χ2n) is 10.3. The Morgan fingerprint density at radius 3 is 2.50 bits per heavy atom. The van der Waals surface area contributed by atoms with Crippen molar-refractivity contribution in [1.82, 2.24) is 30.3 Å². The number of carbonyl (C=O) groups excluding carboxylic acids is 5. The molecule has 1 aromatic carbocycles. The number of benzene rings is 1. The molecule has 236 valence electrons. The van der Waals surface area contributed by atoms with Crippen molar-refractivity contribution < 1.29 is 43.3 Å². The van der Waals surface area contributed by atoms with Crippen molar-refractivity contribution in [2.24, 2.45) is 0 Å². The maximum Gasteiger partial charge on any atom is 0.409 e. The van der Waals surface area contributed by atoms with Crippen LogP contribution >= 0.6 is 0 Å². The number of nitrogens with one attached hydrogen (secondary N) is 2. The number of carboxylic acids is 1. The van der Waals surface area contributed by atoms with Crippen molar-refractivity contribution >= 4 is 46.6 Å². The zero-order valence-corrected chi connectivity index (χ0v) is 24.6. The summed E-state index contributed by atoms with van der Waals surface area (Å²) in [7, 11) is 0. The number of amides is 5. The number of aromatic nitrogens is 1. The molecule has 0 saturated carbocycles. The van der Waals surface area contributed by atoms with Crippen molar-refractivity contribution in [2.75, 3.05) is 52.5 Å². The fourth-order valence-corrected chi connectivity index (χ4v) is 5.03. The van der Waals surface area contributed by atoms with Gasteiger partial charge in [-0.3, -0.25) is 24.0 Å². The van der Waals surface area contributed by atoms with E-state index in [0.717, 1.165) is 0 Å². The number of aliphatic carboxylic acids is 1. The maximum absolute atomic E-state index is 13.4. The van der Waals surface area contributed by atoms with Gasteiger partial charge < -0.3 is 39.9 Å². The van der Waals surface area contributed by atoms with Gasteiger partial charge in [0, 0.05) is 57.1 Å². The van der Waals surface area contributed by atoms with Gasteiger partial charge in [0.05, 0.1) is 12.1 Å². The fourth-order valence-electron chi connectivity index (χ4n) is 5.03. The number of hydrogen-bond acceptors (Lipinski definition) is 9. The minimum absolute atomic E-state index is 0.0999. The molecule has 15 heteroatoms. The third kappa shape index (κ3) is 7.71.